The smallest absolute Gasteiger partial charge is 0.255 e. The number of ether oxygens (including phenoxy) is 1. The molecule has 0 bridgehead atoms. The number of amides is 1. The van der Waals surface area contributed by atoms with Gasteiger partial charge in [-0.25, -0.2) is 4.52 Å². The third kappa shape index (κ3) is 3.99. The summed E-state index contributed by atoms with van der Waals surface area (Å²) in [6.45, 7) is 7.36. The van der Waals surface area contributed by atoms with Crippen molar-refractivity contribution in [3.8, 4) is 5.75 Å². The van der Waals surface area contributed by atoms with Gasteiger partial charge < -0.3 is 10.1 Å². The van der Waals surface area contributed by atoms with Gasteiger partial charge in [0.2, 0.25) is 0 Å². The zero-order chi connectivity index (χ0) is 17.9. The molecule has 1 aromatic carbocycles. The monoisotopic (exact) mass is 337 g/mol. The molecule has 0 aliphatic heterocycles. The highest BCUT2D eigenvalue weighted by atomic mass is 16.5. The lowest BCUT2D eigenvalue weighted by molar-refractivity contribution is 0.0948. The van der Waals surface area contributed by atoms with Gasteiger partial charge in [-0.1, -0.05) is 39.0 Å². The molecule has 25 heavy (non-hydrogen) atoms. The lowest BCUT2D eigenvalue weighted by Crippen LogP contribution is -2.28. The molecular formula is C20H23N3O2. The Bertz CT molecular complexity index is 878. The number of carbonyl (C=O) groups excluding carboxylic acids is 1. The molecule has 0 saturated carbocycles. The van der Waals surface area contributed by atoms with E-state index in [1.165, 1.54) is 5.56 Å². The van der Waals surface area contributed by atoms with E-state index in [1.807, 2.05) is 42.6 Å². The molecule has 5 heteroatoms. The van der Waals surface area contributed by atoms with Crippen LogP contribution < -0.4 is 10.1 Å². The van der Waals surface area contributed by atoms with E-state index in [2.05, 4.69) is 37.3 Å². The van der Waals surface area contributed by atoms with Crippen molar-refractivity contribution >= 4 is 11.4 Å². The number of rotatable bonds is 5. The molecule has 1 amide bonds. The molecule has 2 heterocycles. The maximum absolute atomic E-state index is 12.3. The van der Waals surface area contributed by atoms with Crippen LogP contribution >= 0.6 is 0 Å². The number of carbonyl (C=O) groups is 1. The lowest BCUT2D eigenvalue weighted by atomic mass is 9.87. The molecule has 130 valence electrons. The van der Waals surface area contributed by atoms with Gasteiger partial charge >= 0.3 is 0 Å². The molecule has 0 unspecified atom stereocenters. The van der Waals surface area contributed by atoms with Gasteiger partial charge in [-0.3, -0.25) is 4.79 Å². The van der Waals surface area contributed by atoms with Crippen LogP contribution in [-0.4, -0.2) is 28.7 Å². The molecule has 1 N–H and O–H groups in total. The molecule has 0 atom stereocenters. The molecule has 3 aromatic rings. The fourth-order valence-electron chi connectivity index (χ4n) is 2.59. The van der Waals surface area contributed by atoms with Gasteiger partial charge in [-0.2, -0.15) is 5.10 Å². The van der Waals surface area contributed by atoms with E-state index < -0.39 is 0 Å². The first-order valence-electron chi connectivity index (χ1n) is 8.39. The van der Waals surface area contributed by atoms with Crippen molar-refractivity contribution in [1.29, 1.82) is 0 Å². The molecule has 5 nitrogen and oxygen atoms in total. The van der Waals surface area contributed by atoms with Gasteiger partial charge in [0, 0.05) is 6.20 Å². The van der Waals surface area contributed by atoms with Crippen molar-refractivity contribution in [1.82, 2.24) is 14.9 Å². The summed E-state index contributed by atoms with van der Waals surface area (Å²) in [5.74, 6) is 0.672. The average Bonchev–Trinajstić information content (AvgIpc) is 3.02. The number of nitrogens with one attached hydrogen (secondary N) is 1. The summed E-state index contributed by atoms with van der Waals surface area (Å²) >= 11 is 0. The maximum Gasteiger partial charge on any atom is 0.255 e. The summed E-state index contributed by atoms with van der Waals surface area (Å²) in [5, 5.41) is 7.05. The van der Waals surface area contributed by atoms with Crippen LogP contribution in [0.15, 0.2) is 54.9 Å². The molecule has 0 saturated heterocycles. The first-order chi connectivity index (χ1) is 11.9. The van der Waals surface area contributed by atoms with Crippen LogP contribution in [0.5, 0.6) is 5.75 Å². The quantitative estimate of drug-likeness (QED) is 0.726. The molecule has 0 aliphatic rings. The summed E-state index contributed by atoms with van der Waals surface area (Å²) in [6.07, 6.45) is 3.40. The average molecular weight is 337 g/mol. The van der Waals surface area contributed by atoms with Crippen molar-refractivity contribution in [3.63, 3.8) is 0 Å². The summed E-state index contributed by atoms with van der Waals surface area (Å²) in [4.78, 5) is 12.3. The highest BCUT2D eigenvalue weighted by molar-refractivity contribution is 6.00. The topological polar surface area (TPSA) is 55.6 Å². The van der Waals surface area contributed by atoms with E-state index in [1.54, 1.807) is 10.7 Å². The first kappa shape index (κ1) is 17.0. The van der Waals surface area contributed by atoms with Crippen molar-refractivity contribution in [2.75, 3.05) is 13.2 Å². The summed E-state index contributed by atoms with van der Waals surface area (Å²) < 4.78 is 7.45. The highest BCUT2D eigenvalue weighted by Gasteiger charge is 2.14. The van der Waals surface area contributed by atoms with Crippen LogP contribution in [0.4, 0.5) is 0 Å². The van der Waals surface area contributed by atoms with Crippen LogP contribution in [0.2, 0.25) is 0 Å². The van der Waals surface area contributed by atoms with Crippen molar-refractivity contribution in [2.24, 2.45) is 0 Å². The van der Waals surface area contributed by atoms with Crippen molar-refractivity contribution in [3.05, 3.63) is 66.0 Å². The van der Waals surface area contributed by atoms with Gasteiger partial charge in [0.25, 0.3) is 5.91 Å². The predicted octanol–water partition coefficient (Wildman–Crippen LogP) is 3.44. The minimum atomic E-state index is -0.145. The lowest BCUT2D eigenvalue weighted by Gasteiger charge is -2.19. The third-order valence-corrected chi connectivity index (χ3v) is 4.03. The summed E-state index contributed by atoms with van der Waals surface area (Å²) in [5.41, 5.74) is 2.66. The van der Waals surface area contributed by atoms with E-state index in [9.17, 15) is 4.79 Å². The Kier molecular flexibility index (Phi) is 4.74. The predicted molar refractivity (Wildman–Crippen MR) is 98.2 cm³/mol. The van der Waals surface area contributed by atoms with Crippen LogP contribution in [0.25, 0.3) is 5.52 Å². The molecule has 2 aromatic heterocycles. The summed E-state index contributed by atoms with van der Waals surface area (Å²) in [6, 6.07) is 13.7. The Labute approximate surface area is 147 Å². The zero-order valence-corrected chi connectivity index (χ0v) is 14.8. The fraction of sp³-hybridized carbons (Fsp3) is 0.300. The number of benzene rings is 1. The van der Waals surface area contributed by atoms with Gasteiger partial charge in [0.15, 0.2) is 0 Å². The van der Waals surface area contributed by atoms with Crippen LogP contribution in [0.3, 0.4) is 0 Å². The SMILES string of the molecule is CC(C)(C)c1cccc(OCCNC(=O)c2cnn3ccccc23)c1. The van der Waals surface area contributed by atoms with E-state index in [-0.39, 0.29) is 11.3 Å². The van der Waals surface area contributed by atoms with Gasteiger partial charge in [0.1, 0.15) is 12.4 Å². The minimum Gasteiger partial charge on any atom is -0.492 e. The largest absolute Gasteiger partial charge is 0.492 e. The number of nitrogens with zero attached hydrogens (tertiary/aromatic N) is 2. The van der Waals surface area contributed by atoms with Crippen molar-refractivity contribution in [2.45, 2.75) is 26.2 Å². The standard InChI is InChI=1S/C20H23N3O2/c1-20(2,3)15-7-6-8-16(13-15)25-12-10-21-19(24)17-14-22-23-11-5-4-9-18(17)23/h4-9,11,13-14H,10,12H2,1-3H3,(H,21,24). The van der Waals surface area contributed by atoms with E-state index >= 15 is 0 Å². The second-order valence-electron chi connectivity index (χ2n) is 6.97. The van der Waals surface area contributed by atoms with Gasteiger partial charge in [0.05, 0.1) is 23.8 Å². The fourth-order valence-corrected chi connectivity index (χ4v) is 2.59. The Morgan fingerprint density at radius 3 is 2.84 bits per heavy atom. The Hall–Kier alpha value is -2.82. The van der Waals surface area contributed by atoms with Gasteiger partial charge in [-0.15, -0.1) is 0 Å². The Balaban J connectivity index is 1.54. The number of hydrogen-bond acceptors (Lipinski definition) is 3. The maximum atomic E-state index is 12.3. The number of fused-ring (bicyclic) bond motifs is 1. The number of aromatic nitrogens is 2. The van der Waals surface area contributed by atoms with Crippen LogP contribution in [0, 0.1) is 0 Å². The van der Waals surface area contributed by atoms with Crippen molar-refractivity contribution < 1.29 is 9.53 Å². The molecule has 0 aliphatic carbocycles. The second-order valence-corrected chi connectivity index (χ2v) is 6.97. The molecule has 0 radical (unpaired) electrons. The molecule has 0 fully saturated rings. The third-order valence-electron chi connectivity index (χ3n) is 4.03. The number of pyridine rings is 1. The van der Waals surface area contributed by atoms with Gasteiger partial charge in [-0.05, 0) is 35.2 Å². The van der Waals surface area contributed by atoms with E-state index in [4.69, 9.17) is 4.74 Å². The Morgan fingerprint density at radius 1 is 1.20 bits per heavy atom. The second kappa shape index (κ2) is 6.97. The number of hydrogen-bond donors (Lipinski definition) is 1. The minimum absolute atomic E-state index is 0.0804. The van der Waals surface area contributed by atoms with E-state index in [0.717, 1.165) is 11.3 Å². The molecule has 3 rings (SSSR count). The zero-order valence-electron chi connectivity index (χ0n) is 14.8. The molecular weight excluding hydrogens is 314 g/mol. The molecule has 0 spiro atoms. The van der Waals surface area contributed by atoms with Crippen LogP contribution in [0.1, 0.15) is 36.7 Å². The highest BCUT2D eigenvalue weighted by Crippen LogP contribution is 2.25. The first-order valence-corrected chi connectivity index (χ1v) is 8.39. The Morgan fingerprint density at radius 2 is 2.04 bits per heavy atom. The van der Waals surface area contributed by atoms with Crippen LogP contribution in [-0.2, 0) is 5.41 Å². The summed E-state index contributed by atoms with van der Waals surface area (Å²) in [7, 11) is 0. The normalized spacial score (nSPS) is 11.5. The van der Waals surface area contributed by atoms with E-state index in [0.29, 0.717) is 18.7 Å².